The van der Waals surface area contributed by atoms with Crippen LogP contribution in [-0.4, -0.2) is 34.6 Å². The van der Waals surface area contributed by atoms with Gasteiger partial charge in [0, 0.05) is 12.8 Å². The fraction of sp³-hybridized carbons (Fsp3) is 0.192. The van der Waals surface area contributed by atoms with Crippen LogP contribution in [0.3, 0.4) is 0 Å². The van der Waals surface area contributed by atoms with Gasteiger partial charge in [0.2, 0.25) is 0 Å². The summed E-state index contributed by atoms with van der Waals surface area (Å²) in [6.45, 7) is 0. The largest absolute Gasteiger partial charge is 0.390 e. The molecule has 0 N–H and O–H groups in total. The number of hydrogen-bond donors (Lipinski definition) is 0. The van der Waals surface area contributed by atoms with Crippen molar-refractivity contribution in [1.82, 2.24) is 4.90 Å². The number of carbonyl (C=O) groups excluding carboxylic acids is 2. The maximum Gasteiger partial charge on any atom is 0.261 e. The molecule has 2 heterocycles. The van der Waals surface area contributed by atoms with Crippen molar-refractivity contribution in [2.24, 2.45) is 5.16 Å². The van der Waals surface area contributed by atoms with Crippen molar-refractivity contribution in [1.29, 1.82) is 0 Å². The summed E-state index contributed by atoms with van der Waals surface area (Å²) in [4.78, 5) is 33.6. The predicted molar refractivity (Wildman–Crippen MR) is 118 cm³/mol. The third-order valence-electron chi connectivity index (χ3n) is 5.88. The molecule has 0 spiro atoms. The van der Waals surface area contributed by atoms with Gasteiger partial charge in [-0.1, -0.05) is 78.0 Å². The van der Waals surface area contributed by atoms with E-state index in [1.165, 1.54) is 4.90 Å². The van der Waals surface area contributed by atoms with Gasteiger partial charge in [0.05, 0.1) is 22.9 Å². The fourth-order valence-corrected chi connectivity index (χ4v) is 4.34. The minimum absolute atomic E-state index is 0.262. The highest BCUT2D eigenvalue weighted by molar-refractivity contribution is 6.21. The van der Waals surface area contributed by atoms with Crippen LogP contribution in [0, 0.1) is 0 Å². The lowest BCUT2D eigenvalue weighted by Gasteiger charge is -2.29. The first-order valence-electron chi connectivity index (χ1n) is 10.5. The summed E-state index contributed by atoms with van der Waals surface area (Å²) in [5.41, 5.74) is 4.03. The molecule has 0 radical (unpaired) electrons. The minimum atomic E-state index is -0.438. The van der Waals surface area contributed by atoms with Gasteiger partial charge in [-0.2, -0.15) is 0 Å². The zero-order chi connectivity index (χ0) is 21.2. The van der Waals surface area contributed by atoms with Crippen molar-refractivity contribution < 1.29 is 14.4 Å². The third kappa shape index (κ3) is 3.75. The Labute approximate surface area is 180 Å². The molecule has 0 saturated carbocycles. The molecule has 3 aromatic carbocycles. The number of nitrogens with zero attached hydrogens (tertiary/aromatic N) is 2. The van der Waals surface area contributed by atoms with Crippen LogP contribution >= 0.6 is 0 Å². The van der Waals surface area contributed by atoms with Crippen LogP contribution in [0.4, 0.5) is 0 Å². The number of fused-ring (bicyclic) bond motifs is 1. The highest BCUT2D eigenvalue weighted by Crippen LogP contribution is 2.30. The lowest BCUT2D eigenvalue weighted by Crippen LogP contribution is -2.48. The van der Waals surface area contributed by atoms with Gasteiger partial charge >= 0.3 is 0 Å². The van der Waals surface area contributed by atoms with Crippen molar-refractivity contribution in [2.45, 2.75) is 31.4 Å². The van der Waals surface area contributed by atoms with E-state index in [9.17, 15) is 9.59 Å². The first kappa shape index (κ1) is 19.2. The summed E-state index contributed by atoms with van der Waals surface area (Å²) in [6, 6.07) is 26.5. The molecule has 2 atom stereocenters. The molecule has 5 heteroatoms. The molecule has 154 valence electrons. The van der Waals surface area contributed by atoms with E-state index in [1.54, 1.807) is 24.3 Å². The molecule has 0 aromatic heterocycles. The average Bonchev–Trinajstić information content (AvgIpc) is 3.37. The molecular formula is C26H22N2O3. The Hall–Kier alpha value is -3.73. The Morgan fingerprint density at radius 3 is 1.97 bits per heavy atom. The van der Waals surface area contributed by atoms with Gasteiger partial charge < -0.3 is 4.84 Å². The van der Waals surface area contributed by atoms with Gasteiger partial charge in [-0.3, -0.25) is 14.5 Å². The maximum atomic E-state index is 13.2. The molecule has 31 heavy (non-hydrogen) atoms. The van der Waals surface area contributed by atoms with Gasteiger partial charge in [-0.15, -0.1) is 0 Å². The van der Waals surface area contributed by atoms with E-state index in [0.717, 1.165) is 16.8 Å². The number of oxime groups is 1. The minimum Gasteiger partial charge on any atom is -0.390 e. The molecule has 0 saturated heterocycles. The molecule has 2 aliphatic rings. The second-order valence-corrected chi connectivity index (χ2v) is 7.95. The van der Waals surface area contributed by atoms with Gasteiger partial charge in [-0.25, -0.2) is 0 Å². The predicted octanol–water partition coefficient (Wildman–Crippen LogP) is 4.28. The quantitative estimate of drug-likeness (QED) is 0.570. The summed E-state index contributed by atoms with van der Waals surface area (Å²) >= 11 is 0. The molecule has 3 aromatic rings. The molecule has 2 amide bonds. The van der Waals surface area contributed by atoms with Crippen molar-refractivity contribution in [2.75, 3.05) is 0 Å². The first-order valence-corrected chi connectivity index (χ1v) is 10.5. The van der Waals surface area contributed by atoms with Crippen molar-refractivity contribution in [3.63, 3.8) is 0 Å². The smallest absolute Gasteiger partial charge is 0.261 e. The van der Waals surface area contributed by atoms with Crippen LogP contribution in [0.2, 0.25) is 0 Å². The van der Waals surface area contributed by atoms with E-state index in [-0.39, 0.29) is 17.9 Å². The van der Waals surface area contributed by atoms with E-state index >= 15 is 0 Å². The number of imide groups is 1. The number of benzene rings is 3. The van der Waals surface area contributed by atoms with E-state index < -0.39 is 6.04 Å². The van der Waals surface area contributed by atoms with Crippen LogP contribution < -0.4 is 0 Å². The molecule has 0 bridgehead atoms. The lowest BCUT2D eigenvalue weighted by molar-refractivity contribution is 0.0117. The van der Waals surface area contributed by atoms with Crippen LogP contribution in [-0.2, 0) is 17.7 Å². The first-order chi connectivity index (χ1) is 15.2. The van der Waals surface area contributed by atoms with Gasteiger partial charge in [-0.05, 0) is 29.7 Å². The van der Waals surface area contributed by atoms with Crippen LogP contribution in [0.5, 0.6) is 0 Å². The topological polar surface area (TPSA) is 59.0 Å². The maximum absolute atomic E-state index is 13.2. The fourth-order valence-electron chi connectivity index (χ4n) is 4.34. The number of hydrogen-bond acceptors (Lipinski definition) is 4. The van der Waals surface area contributed by atoms with Crippen molar-refractivity contribution in [3.05, 3.63) is 107 Å². The Bertz CT molecular complexity index is 1110. The Morgan fingerprint density at radius 2 is 1.35 bits per heavy atom. The summed E-state index contributed by atoms with van der Waals surface area (Å²) in [6.07, 6.45) is 1.42. The number of amides is 2. The molecule has 0 fully saturated rings. The normalized spacial score (nSPS) is 18.5. The van der Waals surface area contributed by atoms with Crippen molar-refractivity contribution >= 4 is 17.5 Å². The zero-order valence-electron chi connectivity index (χ0n) is 17.0. The molecular weight excluding hydrogens is 388 g/mol. The van der Waals surface area contributed by atoms with Crippen LogP contribution in [0.15, 0.2) is 90.1 Å². The summed E-state index contributed by atoms with van der Waals surface area (Å²) < 4.78 is 0. The van der Waals surface area contributed by atoms with E-state index in [2.05, 4.69) is 17.3 Å². The summed E-state index contributed by atoms with van der Waals surface area (Å²) in [5.74, 6) is -0.525. The van der Waals surface area contributed by atoms with E-state index in [0.29, 0.717) is 30.4 Å². The Morgan fingerprint density at radius 1 is 0.806 bits per heavy atom. The van der Waals surface area contributed by atoms with Gasteiger partial charge in [0.25, 0.3) is 11.8 Å². The highest BCUT2D eigenvalue weighted by atomic mass is 16.6. The highest BCUT2D eigenvalue weighted by Gasteiger charge is 2.45. The van der Waals surface area contributed by atoms with E-state index in [4.69, 9.17) is 4.84 Å². The van der Waals surface area contributed by atoms with Gasteiger partial charge in [0.15, 0.2) is 6.10 Å². The molecule has 0 unspecified atom stereocenters. The SMILES string of the molecule is O=C1c2ccccc2C(=O)N1[C@@H](Cc1ccccc1)[C@@H]1CC(Cc2ccccc2)=NO1. The molecule has 5 nitrogen and oxygen atoms in total. The Kier molecular flexibility index (Phi) is 5.08. The summed E-state index contributed by atoms with van der Waals surface area (Å²) in [5, 5.41) is 4.31. The second kappa shape index (κ2) is 8.19. The zero-order valence-corrected chi connectivity index (χ0v) is 17.0. The van der Waals surface area contributed by atoms with Crippen molar-refractivity contribution in [3.8, 4) is 0 Å². The average molecular weight is 410 g/mol. The number of rotatable bonds is 6. The van der Waals surface area contributed by atoms with E-state index in [1.807, 2.05) is 48.5 Å². The molecule has 0 aliphatic carbocycles. The second-order valence-electron chi connectivity index (χ2n) is 7.95. The standard InChI is InChI=1S/C26H22N2O3/c29-25-21-13-7-8-14-22(21)26(30)28(25)23(16-19-11-5-2-6-12-19)24-17-20(27-31-24)15-18-9-3-1-4-10-18/h1-14,23-24H,15-17H2/t23-,24-/m0/s1. The molecule has 5 rings (SSSR count). The molecule has 2 aliphatic heterocycles. The van der Waals surface area contributed by atoms with Crippen LogP contribution in [0.1, 0.15) is 38.3 Å². The monoisotopic (exact) mass is 410 g/mol. The third-order valence-corrected chi connectivity index (χ3v) is 5.88. The van der Waals surface area contributed by atoms with Crippen LogP contribution in [0.25, 0.3) is 0 Å². The number of carbonyl (C=O) groups is 2. The lowest BCUT2D eigenvalue weighted by atomic mass is 9.95. The summed E-state index contributed by atoms with van der Waals surface area (Å²) in [7, 11) is 0. The van der Waals surface area contributed by atoms with Gasteiger partial charge in [0.1, 0.15) is 0 Å². The Balaban J connectivity index is 1.41.